The number of urea groups is 2. The molecule has 6 aromatic carbocycles. The van der Waals surface area contributed by atoms with Crippen molar-refractivity contribution in [2.75, 3.05) is 9.80 Å². The monoisotopic (exact) mass is 1060 g/mol. The summed E-state index contributed by atoms with van der Waals surface area (Å²) in [5.41, 5.74) is 10.5. The third-order valence-corrected chi connectivity index (χ3v) is 16.3. The number of rotatable bonds is 6. The number of anilines is 4. The molecule has 4 N–H and O–H groups in total. The second kappa shape index (κ2) is 19.3. The van der Waals surface area contributed by atoms with Crippen molar-refractivity contribution in [1.82, 2.24) is 21.3 Å². The van der Waals surface area contributed by atoms with Crippen LogP contribution in [-0.2, 0) is 13.1 Å². The lowest BCUT2D eigenvalue weighted by atomic mass is 9.83. The van der Waals surface area contributed by atoms with Gasteiger partial charge in [-0.2, -0.15) is 0 Å². The third-order valence-electron chi connectivity index (χ3n) is 14.4. The van der Waals surface area contributed by atoms with Crippen LogP contribution in [0.5, 0.6) is 0 Å². The van der Waals surface area contributed by atoms with Gasteiger partial charge in [-0.05, 0) is 158 Å². The highest BCUT2D eigenvalue weighted by molar-refractivity contribution is 6.41. The Morgan fingerprint density at radius 2 is 1.01 bits per heavy atom. The maximum atomic E-state index is 13.9. The first kappa shape index (κ1) is 47.4. The van der Waals surface area contributed by atoms with Gasteiger partial charge in [-0.25, -0.2) is 18.4 Å². The van der Waals surface area contributed by atoms with Gasteiger partial charge in [0, 0.05) is 59.5 Å². The predicted molar refractivity (Wildman–Crippen MR) is 280 cm³/mol. The molecule has 0 aromatic heterocycles. The van der Waals surface area contributed by atoms with Gasteiger partial charge in [0.1, 0.15) is 11.6 Å². The average molecular weight is 1060 g/mol. The quantitative estimate of drug-likeness (QED) is 0.134. The highest BCUT2D eigenvalue weighted by Gasteiger charge is 2.38. The summed E-state index contributed by atoms with van der Waals surface area (Å²) >= 11 is 39.3. The number of nitrogens with zero attached hydrogens (tertiary/aromatic N) is 2. The highest BCUT2D eigenvalue weighted by atomic mass is 35.5. The van der Waals surface area contributed by atoms with Gasteiger partial charge < -0.3 is 21.3 Å². The molecule has 3 fully saturated rings. The van der Waals surface area contributed by atoms with E-state index in [0.717, 1.165) is 76.7 Å². The molecule has 3 saturated heterocycles. The van der Waals surface area contributed by atoms with E-state index in [1.54, 1.807) is 53.4 Å². The van der Waals surface area contributed by atoms with E-state index in [1.807, 2.05) is 6.07 Å². The molecule has 0 radical (unpaired) electrons. The number of halogens is 8. The fraction of sp³-hybridized carbons (Fsp3) is 0.259. The van der Waals surface area contributed by atoms with E-state index >= 15 is 0 Å². The maximum absolute atomic E-state index is 13.9. The van der Waals surface area contributed by atoms with Crippen molar-refractivity contribution < 1.29 is 18.4 Å². The van der Waals surface area contributed by atoms with Crippen LogP contribution in [-0.4, -0.2) is 36.2 Å². The molecule has 0 spiro atoms. The fourth-order valence-corrected chi connectivity index (χ4v) is 12.9. The Balaban J connectivity index is 0.000000152. The Bertz CT molecular complexity index is 3120. The SMILES string of the molecule is O=C1NCc2c(-c3ccc(F)cc3Cl)cc(C3=CC4CCC(C3)N4)cc2N1c1c(Cl)cccc1Cl.O=C1NCc2c(-c3ccc(F)cc3Cl)cc(C3CC4CCC(C3)N4)cc2N1c1c(Cl)cccc1Cl. The second-order valence-electron chi connectivity index (χ2n) is 18.7. The molecule has 4 bridgehead atoms. The molecule has 8 nitrogen and oxygen atoms in total. The Labute approximate surface area is 434 Å². The van der Waals surface area contributed by atoms with Crippen LogP contribution in [0.3, 0.4) is 0 Å². The Morgan fingerprint density at radius 1 is 0.514 bits per heavy atom. The zero-order chi connectivity index (χ0) is 48.5. The summed E-state index contributed by atoms with van der Waals surface area (Å²) in [6.45, 7) is 0.607. The van der Waals surface area contributed by atoms with Gasteiger partial charge in [-0.15, -0.1) is 0 Å². The lowest BCUT2D eigenvalue weighted by molar-refractivity contribution is 0.246. The van der Waals surface area contributed by atoms with Crippen molar-refractivity contribution in [2.24, 2.45) is 0 Å². The van der Waals surface area contributed by atoms with Crippen LogP contribution in [0.1, 0.15) is 73.1 Å². The first-order valence-corrected chi connectivity index (χ1v) is 25.6. The summed E-state index contributed by atoms with van der Waals surface area (Å²) in [7, 11) is 0. The molecular weight excluding hydrogens is 1020 g/mol. The third kappa shape index (κ3) is 8.93. The zero-order valence-electron chi connectivity index (χ0n) is 37.3. The Morgan fingerprint density at radius 3 is 1.53 bits per heavy atom. The topological polar surface area (TPSA) is 88.7 Å². The Kier molecular flexibility index (Phi) is 13.1. The van der Waals surface area contributed by atoms with Crippen LogP contribution < -0.4 is 31.1 Å². The molecule has 358 valence electrons. The van der Waals surface area contributed by atoms with Gasteiger partial charge in [0.05, 0.1) is 52.9 Å². The predicted octanol–water partition coefficient (Wildman–Crippen LogP) is 15.5. The highest BCUT2D eigenvalue weighted by Crippen LogP contribution is 2.49. The lowest BCUT2D eigenvalue weighted by Gasteiger charge is -2.35. The van der Waals surface area contributed by atoms with E-state index in [0.29, 0.717) is 95.9 Å². The number of piperidine rings is 1. The van der Waals surface area contributed by atoms with Gasteiger partial charge in [0.15, 0.2) is 0 Å². The van der Waals surface area contributed by atoms with Crippen molar-refractivity contribution >= 4 is 110 Å². The van der Waals surface area contributed by atoms with Crippen molar-refractivity contribution in [3.8, 4) is 22.3 Å². The molecule has 0 aliphatic carbocycles. The summed E-state index contributed by atoms with van der Waals surface area (Å²) < 4.78 is 27.8. The van der Waals surface area contributed by atoms with Gasteiger partial charge in [0.25, 0.3) is 0 Å². The largest absolute Gasteiger partial charge is 0.333 e. The Hall–Kier alpha value is -4.88. The van der Waals surface area contributed by atoms with E-state index in [-0.39, 0.29) is 12.1 Å². The molecule has 6 heterocycles. The molecule has 70 heavy (non-hydrogen) atoms. The molecular formula is C54H44Cl6F2N6O2. The number of carbonyl (C=O) groups is 2. The number of amides is 4. The average Bonchev–Trinajstić information content (AvgIpc) is 3.86. The molecule has 6 aliphatic rings. The van der Waals surface area contributed by atoms with Crippen molar-refractivity contribution in [3.63, 3.8) is 0 Å². The minimum Gasteiger partial charge on any atom is -0.333 e. The number of benzene rings is 6. The second-order valence-corrected chi connectivity index (χ2v) is 21.2. The number of fused-ring (bicyclic) bond motifs is 6. The minimum absolute atomic E-state index is 0.294. The standard InChI is InChI=1S/C27H23Cl3FN3O.C27H21Cl3FN3O/c2*28-22-2-1-3-23(29)26(22)34-25-11-15(14-8-17-5-6-18(9-14)33-17)10-20(21(25)13-32-27(34)35)19-7-4-16(31)12-24(19)30/h1-4,7,10-12,14,17-18,33H,5-6,8-9,13H2,(H,32,35);1-4,7-8,10-12,17-18,33H,5-6,9,13H2,(H,32,35). The van der Waals surface area contributed by atoms with E-state index in [9.17, 15) is 18.4 Å². The van der Waals surface area contributed by atoms with Crippen molar-refractivity contribution in [1.29, 1.82) is 0 Å². The summed E-state index contributed by atoms with van der Waals surface area (Å²) in [4.78, 5) is 29.5. The minimum atomic E-state index is -0.404. The normalized spacial score (nSPS) is 22.1. The fourth-order valence-electron chi connectivity index (χ4n) is 11.2. The van der Waals surface area contributed by atoms with Gasteiger partial charge in [-0.1, -0.05) is 93.9 Å². The summed E-state index contributed by atoms with van der Waals surface area (Å²) in [5.74, 6) is -0.457. The van der Waals surface area contributed by atoms with Crippen LogP contribution in [0.4, 0.5) is 41.1 Å². The summed E-state index contributed by atoms with van der Waals surface area (Å²) in [6, 6.07) is 28.7. The van der Waals surface area contributed by atoms with E-state index in [2.05, 4.69) is 45.5 Å². The molecule has 4 amide bonds. The van der Waals surface area contributed by atoms with Crippen LogP contribution in [0.25, 0.3) is 27.8 Å². The van der Waals surface area contributed by atoms with E-state index in [4.69, 9.17) is 69.6 Å². The van der Waals surface area contributed by atoms with Crippen LogP contribution in [0, 0.1) is 11.6 Å². The number of para-hydroxylation sites is 2. The van der Waals surface area contributed by atoms with Crippen molar-refractivity contribution in [3.05, 3.63) is 167 Å². The summed E-state index contributed by atoms with van der Waals surface area (Å²) in [5, 5.41) is 15.3. The molecule has 4 unspecified atom stereocenters. The summed E-state index contributed by atoms with van der Waals surface area (Å²) in [6.07, 6.45) is 9.85. The molecule has 16 heteroatoms. The number of hydrogen-bond donors (Lipinski definition) is 4. The van der Waals surface area contributed by atoms with Crippen molar-refractivity contribution in [2.45, 2.75) is 88.1 Å². The molecule has 6 aromatic rings. The van der Waals surface area contributed by atoms with Crippen LogP contribution >= 0.6 is 69.6 Å². The molecule has 0 saturated carbocycles. The smallest absolute Gasteiger partial charge is 0.326 e. The van der Waals surface area contributed by atoms with Gasteiger partial charge >= 0.3 is 12.1 Å². The van der Waals surface area contributed by atoms with Crippen LogP contribution in [0.15, 0.2) is 103 Å². The maximum Gasteiger partial charge on any atom is 0.326 e. The van der Waals surface area contributed by atoms with E-state index < -0.39 is 11.6 Å². The number of nitrogens with one attached hydrogen (secondary N) is 4. The van der Waals surface area contributed by atoms with Gasteiger partial charge in [-0.3, -0.25) is 9.80 Å². The van der Waals surface area contributed by atoms with Crippen LogP contribution in [0.2, 0.25) is 30.1 Å². The number of carbonyl (C=O) groups excluding carboxylic acids is 2. The van der Waals surface area contributed by atoms with E-state index in [1.165, 1.54) is 47.6 Å². The molecule has 4 atom stereocenters. The van der Waals surface area contributed by atoms with Gasteiger partial charge in [0.2, 0.25) is 0 Å². The first-order valence-electron chi connectivity index (χ1n) is 23.3. The first-order chi connectivity index (χ1) is 33.8. The zero-order valence-corrected chi connectivity index (χ0v) is 41.8. The lowest BCUT2D eigenvalue weighted by Crippen LogP contribution is -2.42. The molecule has 12 rings (SSSR count). The number of hydrogen-bond acceptors (Lipinski definition) is 4. The molecule has 6 aliphatic heterocycles.